The van der Waals surface area contributed by atoms with Crippen LogP contribution < -0.4 is 72.6 Å². The van der Waals surface area contributed by atoms with Crippen molar-refractivity contribution in [2.45, 2.75) is 0 Å². The van der Waals surface area contributed by atoms with E-state index in [-0.39, 0.29) is 6.71 Å². The van der Waals surface area contributed by atoms with E-state index >= 15 is 0 Å². The predicted octanol–water partition coefficient (Wildman–Crippen LogP) is 19.3. The normalized spacial score (nSPS) is 12.3. The van der Waals surface area contributed by atoms with E-state index in [0.717, 1.165) is 89.6 Å². The average molecular weight is 1430 g/mol. The summed E-state index contributed by atoms with van der Waals surface area (Å²) in [5.41, 5.74) is 20.6. The molecule has 110 heavy (non-hydrogen) atoms. The highest BCUT2D eigenvalue weighted by atomic mass is 28.3. The lowest BCUT2D eigenvalue weighted by Gasteiger charge is -2.45. The molecule has 18 aromatic rings. The molecule has 2 aliphatic rings. The Bertz CT molecular complexity index is 6170. The van der Waals surface area contributed by atoms with Gasteiger partial charge in [0, 0.05) is 56.3 Å². The number of hydrogen-bond acceptors (Lipinski definition) is 3. The largest absolute Gasteiger partial charge is 0.311 e. The van der Waals surface area contributed by atoms with Gasteiger partial charge in [-0.3, -0.25) is 0 Å². The molecule has 3 nitrogen and oxygen atoms in total. The van der Waals surface area contributed by atoms with Crippen molar-refractivity contribution in [2.24, 2.45) is 0 Å². The third-order valence-electron chi connectivity index (χ3n) is 23.0. The minimum absolute atomic E-state index is 0.245. The maximum Gasteiger partial charge on any atom is 0.252 e. The van der Waals surface area contributed by atoms with E-state index in [9.17, 15) is 0 Å². The number of benzene rings is 18. The summed E-state index contributed by atoms with van der Waals surface area (Å²) >= 11 is 0. The summed E-state index contributed by atoms with van der Waals surface area (Å²) in [5.74, 6) is 0. The first kappa shape index (κ1) is 65.9. The van der Waals surface area contributed by atoms with Gasteiger partial charge in [-0.1, -0.05) is 370 Å². The molecule has 0 saturated heterocycles. The average Bonchev–Trinajstić information content (AvgIpc) is 0.676. The molecule has 0 radical (unpaired) electrons. The van der Waals surface area contributed by atoms with Gasteiger partial charge in [0.1, 0.15) is 0 Å². The second-order valence-corrected chi connectivity index (χ2v) is 36.6. The molecular formula is C104H74BN3Si2. The zero-order valence-electron chi connectivity index (χ0n) is 60.6. The van der Waals surface area contributed by atoms with Crippen molar-refractivity contribution in [1.82, 2.24) is 0 Å². The van der Waals surface area contributed by atoms with Crippen molar-refractivity contribution < 1.29 is 0 Å². The molecule has 2 heterocycles. The standard InChI is InChI=1S/C104H74BN3Si2/c1-11-36-75(37-12-1)77-41-33-46-83(68-77)107-99-67-64-78(76-38-13-2-14-39-76)70-98(99)105-97-66-65-92(110(88-54-25-8-26-55-88,89-56-27-9-28-57-89)90-58-29-10-30-59-90)74-100(97)108(84-47-34-60-91(73-84)109(85-48-19-5-20-49-85,86-50-21-6-22-51-86)87-52-23-7-24-53-87)102-72-80(71-101(107)103(102)105)93-62-35-63-95-96(93)69-79-40-31-32-61-94(79)104(95)106(81-42-15-3-16-43-81)82-44-17-4-18-45-82/h1-74H. The molecule has 6 heteroatoms. The Morgan fingerprint density at radius 3 is 1.12 bits per heavy atom. The van der Waals surface area contributed by atoms with Crippen LogP contribution in [0.25, 0.3) is 54.9 Å². The van der Waals surface area contributed by atoms with Crippen molar-refractivity contribution in [3.63, 3.8) is 0 Å². The Morgan fingerprint density at radius 1 is 0.218 bits per heavy atom. The molecule has 0 aromatic heterocycles. The first-order valence-corrected chi connectivity index (χ1v) is 42.2. The molecule has 2 aliphatic heterocycles. The molecule has 0 spiro atoms. The molecule has 516 valence electrons. The summed E-state index contributed by atoms with van der Waals surface area (Å²) in [7, 11) is -6.37. The molecule has 0 fully saturated rings. The highest BCUT2D eigenvalue weighted by Crippen LogP contribution is 2.50. The monoisotopic (exact) mass is 1430 g/mol. The van der Waals surface area contributed by atoms with Crippen molar-refractivity contribution in [2.75, 3.05) is 14.7 Å². The van der Waals surface area contributed by atoms with Gasteiger partial charge in [0.15, 0.2) is 16.1 Å². The van der Waals surface area contributed by atoms with Crippen LogP contribution in [0.15, 0.2) is 449 Å². The number of hydrogen-bond donors (Lipinski definition) is 0. The van der Waals surface area contributed by atoms with Crippen LogP contribution in [0.1, 0.15) is 0 Å². The van der Waals surface area contributed by atoms with Gasteiger partial charge < -0.3 is 14.7 Å². The van der Waals surface area contributed by atoms with Crippen LogP contribution in [-0.2, 0) is 0 Å². The Balaban J connectivity index is 0.945. The van der Waals surface area contributed by atoms with Gasteiger partial charge in [0.05, 0.1) is 5.69 Å². The van der Waals surface area contributed by atoms with E-state index in [1.165, 1.54) is 74.4 Å². The summed E-state index contributed by atoms with van der Waals surface area (Å²) in [6.07, 6.45) is 0. The molecule has 0 atom stereocenters. The molecule has 0 aliphatic carbocycles. The number of nitrogens with zero attached hydrogens (tertiary/aromatic N) is 3. The SMILES string of the molecule is c1ccc(-c2cccc(N3c4ccc(-c5ccccc5)cc4B4c5ccc([Si](c6ccccc6)(c6ccccc6)c6ccccc6)cc5N(c5cccc([Si](c6ccccc6)(c6ccccc6)c6ccccc6)c5)c5cc(-c6cccc7c(N(c8ccccc8)c8ccccc8)c8ccccc8cc67)cc3c54)c2)cc1. The lowest BCUT2D eigenvalue weighted by molar-refractivity contribution is 1.26. The second-order valence-electron chi connectivity index (χ2n) is 29.0. The smallest absolute Gasteiger partial charge is 0.252 e. The van der Waals surface area contributed by atoms with Gasteiger partial charge in [-0.15, -0.1) is 0 Å². The molecule has 0 N–H and O–H groups in total. The van der Waals surface area contributed by atoms with Gasteiger partial charge in [-0.25, -0.2) is 0 Å². The fraction of sp³-hybridized carbons (Fsp3) is 0. The Kier molecular flexibility index (Phi) is 16.7. The Labute approximate surface area is 646 Å². The molecule has 0 bridgehead atoms. The number of anilines is 9. The third kappa shape index (κ3) is 11.0. The quantitative estimate of drug-likeness (QED) is 0.0542. The van der Waals surface area contributed by atoms with E-state index in [1.54, 1.807) is 0 Å². The fourth-order valence-corrected chi connectivity index (χ4v) is 27.9. The zero-order chi connectivity index (χ0) is 73.0. The first-order chi connectivity index (χ1) is 54.6. The van der Waals surface area contributed by atoms with Crippen LogP contribution in [0, 0.1) is 0 Å². The van der Waals surface area contributed by atoms with Crippen LogP contribution >= 0.6 is 0 Å². The van der Waals surface area contributed by atoms with Crippen LogP contribution in [0.2, 0.25) is 0 Å². The predicted molar refractivity (Wildman–Crippen MR) is 474 cm³/mol. The Hall–Kier alpha value is -13.6. The minimum atomic E-state index is -3.21. The van der Waals surface area contributed by atoms with E-state index in [0.29, 0.717) is 0 Å². The second kappa shape index (κ2) is 27.9. The zero-order valence-corrected chi connectivity index (χ0v) is 62.6. The summed E-state index contributed by atoms with van der Waals surface area (Å²) in [5, 5.41) is 15.1. The van der Waals surface area contributed by atoms with Gasteiger partial charge in [-0.05, 0) is 181 Å². The van der Waals surface area contributed by atoms with Gasteiger partial charge in [-0.2, -0.15) is 0 Å². The molecule has 0 unspecified atom stereocenters. The summed E-state index contributed by atoms with van der Waals surface area (Å²) in [6, 6.07) is 170. The molecule has 0 saturated carbocycles. The van der Waals surface area contributed by atoms with Crippen LogP contribution in [-0.4, -0.2) is 22.9 Å². The van der Waals surface area contributed by atoms with Crippen molar-refractivity contribution in [1.29, 1.82) is 0 Å². The highest BCUT2D eigenvalue weighted by Gasteiger charge is 2.48. The van der Waals surface area contributed by atoms with Crippen LogP contribution in [0.3, 0.4) is 0 Å². The van der Waals surface area contributed by atoms with E-state index < -0.39 is 16.1 Å². The summed E-state index contributed by atoms with van der Waals surface area (Å²) < 4.78 is 0. The fourth-order valence-electron chi connectivity index (χ4n) is 18.3. The molecule has 18 aromatic carbocycles. The maximum absolute atomic E-state index is 3.21. The number of para-hydroxylation sites is 2. The topological polar surface area (TPSA) is 9.72 Å². The minimum Gasteiger partial charge on any atom is -0.311 e. The van der Waals surface area contributed by atoms with Crippen molar-refractivity contribution in [3.05, 3.63) is 449 Å². The molecule has 20 rings (SSSR count). The van der Waals surface area contributed by atoms with E-state index in [2.05, 4.69) is 464 Å². The number of fused-ring (bicyclic) bond motifs is 6. The first-order valence-electron chi connectivity index (χ1n) is 38.2. The highest BCUT2D eigenvalue weighted by molar-refractivity contribution is 7.20. The van der Waals surface area contributed by atoms with Crippen molar-refractivity contribution in [3.8, 4) is 33.4 Å². The summed E-state index contributed by atoms with van der Waals surface area (Å²) in [4.78, 5) is 7.79. The maximum atomic E-state index is 2.71. The lowest BCUT2D eigenvalue weighted by atomic mass is 9.33. The van der Waals surface area contributed by atoms with Gasteiger partial charge in [0.25, 0.3) is 6.71 Å². The van der Waals surface area contributed by atoms with Gasteiger partial charge in [0.2, 0.25) is 0 Å². The third-order valence-corrected chi connectivity index (χ3v) is 32.6. The number of rotatable bonds is 16. The van der Waals surface area contributed by atoms with E-state index in [1.807, 2.05) is 0 Å². The van der Waals surface area contributed by atoms with Crippen molar-refractivity contribution >= 4 is 153 Å². The van der Waals surface area contributed by atoms with Gasteiger partial charge >= 0.3 is 0 Å². The van der Waals surface area contributed by atoms with E-state index in [4.69, 9.17) is 0 Å². The van der Waals surface area contributed by atoms with Crippen LogP contribution in [0.4, 0.5) is 51.2 Å². The molecule has 0 amide bonds. The Morgan fingerprint density at radius 2 is 0.609 bits per heavy atom. The molecular weight excluding hydrogens is 1360 g/mol. The lowest BCUT2D eigenvalue weighted by Crippen LogP contribution is -2.75. The summed E-state index contributed by atoms with van der Waals surface area (Å²) in [6.45, 7) is -0.245. The van der Waals surface area contributed by atoms with Crippen LogP contribution in [0.5, 0.6) is 0 Å².